The fourth-order valence-corrected chi connectivity index (χ4v) is 2.97. The number of hydrogen-bond donors (Lipinski definition) is 1. The van der Waals surface area contributed by atoms with Gasteiger partial charge in [0.15, 0.2) is 0 Å². The maximum atomic E-state index is 6.45. The van der Waals surface area contributed by atoms with E-state index in [-0.39, 0.29) is 6.04 Å². The largest absolute Gasteiger partial charge is 0.377 e. The Hall–Kier alpha value is -0.900. The first-order chi connectivity index (χ1) is 10.1. The van der Waals surface area contributed by atoms with Crippen LogP contribution in [0.3, 0.4) is 0 Å². The van der Waals surface area contributed by atoms with Crippen molar-refractivity contribution in [2.75, 3.05) is 20.2 Å². The fourth-order valence-electron chi connectivity index (χ4n) is 2.97. The number of rotatable bonds is 6. The highest BCUT2D eigenvalue weighted by Crippen LogP contribution is 2.21. The average molecular weight is 290 g/mol. The van der Waals surface area contributed by atoms with Gasteiger partial charge in [0, 0.05) is 25.2 Å². The van der Waals surface area contributed by atoms with Crippen molar-refractivity contribution >= 4 is 0 Å². The number of aryl methyl sites for hydroxylation is 1. The highest BCUT2D eigenvalue weighted by Gasteiger charge is 2.23. The average Bonchev–Trinajstić information content (AvgIpc) is 2.54. The van der Waals surface area contributed by atoms with E-state index in [1.165, 1.54) is 30.4 Å². The van der Waals surface area contributed by atoms with E-state index in [4.69, 9.17) is 10.5 Å². The zero-order valence-electron chi connectivity index (χ0n) is 13.7. The SMILES string of the molecule is CCc1ccc(C(N)C(C)N(C)CC2CCCCO2)cc1. The third-order valence-corrected chi connectivity index (χ3v) is 4.75. The Bertz CT molecular complexity index is 412. The molecule has 3 heteroatoms. The van der Waals surface area contributed by atoms with Crippen molar-refractivity contribution in [2.45, 2.75) is 57.7 Å². The summed E-state index contributed by atoms with van der Waals surface area (Å²) in [4.78, 5) is 2.34. The first kappa shape index (κ1) is 16.5. The molecule has 2 N–H and O–H groups in total. The number of ether oxygens (including phenoxy) is 1. The molecule has 1 fully saturated rings. The van der Waals surface area contributed by atoms with E-state index in [0.29, 0.717) is 12.1 Å². The van der Waals surface area contributed by atoms with E-state index in [2.05, 4.69) is 50.1 Å². The molecule has 0 saturated carbocycles. The van der Waals surface area contributed by atoms with Crippen LogP contribution in [0.15, 0.2) is 24.3 Å². The molecule has 3 unspecified atom stereocenters. The first-order valence-electron chi connectivity index (χ1n) is 8.28. The Morgan fingerprint density at radius 3 is 2.57 bits per heavy atom. The fraction of sp³-hybridized carbons (Fsp3) is 0.667. The predicted octanol–water partition coefficient (Wildman–Crippen LogP) is 3.14. The zero-order valence-corrected chi connectivity index (χ0v) is 13.7. The molecule has 21 heavy (non-hydrogen) atoms. The molecule has 1 aliphatic rings. The summed E-state index contributed by atoms with van der Waals surface area (Å²) >= 11 is 0. The standard InChI is InChI=1S/C18H30N2O/c1-4-15-8-10-16(11-9-15)18(19)14(2)20(3)13-17-7-5-6-12-21-17/h8-11,14,17-18H,4-7,12-13,19H2,1-3H3. The van der Waals surface area contributed by atoms with Gasteiger partial charge >= 0.3 is 0 Å². The van der Waals surface area contributed by atoms with Gasteiger partial charge in [0.05, 0.1) is 6.10 Å². The van der Waals surface area contributed by atoms with Crippen LogP contribution < -0.4 is 5.73 Å². The van der Waals surface area contributed by atoms with Gasteiger partial charge in [0.2, 0.25) is 0 Å². The lowest BCUT2D eigenvalue weighted by Gasteiger charge is -2.34. The van der Waals surface area contributed by atoms with Crippen molar-refractivity contribution < 1.29 is 4.74 Å². The summed E-state index contributed by atoms with van der Waals surface area (Å²) in [6.07, 6.45) is 5.12. The molecule has 1 aromatic carbocycles. The second-order valence-corrected chi connectivity index (χ2v) is 6.29. The summed E-state index contributed by atoms with van der Waals surface area (Å²) in [5, 5.41) is 0. The number of nitrogens with two attached hydrogens (primary N) is 1. The highest BCUT2D eigenvalue weighted by atomic mass is 16.5. The summed E-state index contributed by atoms with van der Waals surface area (Å²) in [6.45, 7) is 6.27. The Morgan fingerprint density at radius 1 is 1.29 bits per heavy atom. The number of likely N-dealkylation sites (N-methyl/N-ethyl adjacent to an activating group) is 1. The van der Waals surface area contributed by atoms with Crippen LogP contribution in [-0.2, 0) is 11.2 Å². The minimum Gasteiger partial charge on any atom is -0.377 e. The summed E-state index contributed by atoms with van der Waals surface area (Å²) in [7, 11) is 2.16. The van der Waals surface area contributed by atoms with Gasteiger partial charge in [-0.3, -0.25) is 4.90 Å². The van der Waals surface area contributed by atoms with Gasteiger partial charge in [-0.25, -0.2) is 0 Å². The quantitative estimate of drug-likeness (QED) is 0.874. The van der Waals surface area contributed by atoms with Crippen molar-refractivity contribution in [1.29, 1.82) is 0 Å². The van der Waals surface area contributed by atoms with E-state index in [1.54, 1.807) is 0 Å². The van der Waals surface area contributed by atoms with Gasteiger partial charge in [-0.1, -0.05) is 31.2 Å². The molecule has 0 aromatic heterocycles. The van der Waals surface area contributed by atoms with Crippen LogP contribution in [0.4, 0.5) is 0 Å². The van der Waals surface area contributed by atoms with Crippen LogP contribution in [0.5, 0.6) is 0 Å². The smallest absolute Gasteiger partial charge is 0.0702 e. The van der Waals surface area contributed by atoms with Gasteiger partial charge < -0.3 is 10.5 Å². The Morgan fingerprint density at radius 2 is 2.00 bits per heavy atom. The summed E-state index contributed by atoms with van der Waals surface area (Å²) in [6, 6.07) is 9.07. The Labute approximate surface area is 129 Å². The summed E-state index contributed by atoms with van der Waals surface area (Å²) in [5.41, 5.74) is 9.04. The molecule has 2 rings (SSSR count). The Kier molecular flexibility index (Phi) is 6.22. The van der Waals surface area contributed by atoms with Crippen molar-refractivity contribution in [2.24, 2.45) is 5.73 Å². The van der Waals surface area contributed by atoms with E-state index in [9.17, 15) is 0 Å². The second-order valence-electron chi connectivity index (χ2n) is 6.29. The lowest BCUT2D eigenvalue weighted by atomic mass is 9.98. The topological polar surface area (TPSA) is 38.5 Å². The second kappa shape index (κ2) is 7.92. The predicted molar refractivity (Wildman–Crippen MR) is 88.4 cm³/mol. The van der Waals surface area contributed by atoms with Crippen LogP contribution in [0.2, 0.25) is 0 Å². The highest BCUT2D eigenvalue weighted by molar-refractivity contribution is 5.25. The molecule has 3 atom stereocenters. The number of nitrogens with zero attached hydrogens (tertiary/aromatic N) is 1. The molecule has 0 amide bonds. The molecule has 3 nitrogen and oxygen atoms in total. The van der Waals surface area contributed by atoms with Gasteiger partial charge in [-0.05, 0) is 50.8 Å². The van der Waals surface area contributed by atoms with Crippen molar-refractivity contribution in [3.63, 3.8) is 0 Å². The maximum absolute atomic E-state index is 6.45. The molecular formula is C18H30N2O. The maximum Gasteiger partial charge on any atom is 0.0702 e. The van der Waals surface area contributed by atoms with E-state index < -0.39 is 0 Å². The van der Waals surface area contributed by atoms with Crippen molar-refractivity contribution in [3.05, 3.63) is 35.4 Å². The third-order valence-electron chi connectivity index (χ3n) is 4.75. The third kappa shape index (κ3) is 4.53. The minimum atomic E-state index is 0.0458. The van der Waals surface area contributed by atoms with Crippen LogP contribution in [-0.4, -0.2) is 37.2 Å². The molecule has 118 valence electrons. The van der Waals surface area contributed by atoms with Crippen LogP contribution in [0, 0.1) is 0 Å². The van der Waals surface area contributed by atoms with E-state index in [1.807, 2.05) is 0 Å². The van der Waals surface area contributed by atoms with Gasteiger partial charge in [-0.2, -0.15) is 0 Å². The summed E-state index contributed by atoms with van der Waals surface area (Å²) < 4.78 is 5.83. The normalized spacial score (nSPS) is 22.2. The van der Waals surface area contributed by atoms with Crippen molar-refractivity contribution in [3.8, 4) is 0 Å². The minimum absolute atomic E-state index is 0.0458. The first-order valence-corrected chi connectivity index (χ1v) is 8.28. The molecule has 1 heterocycles. The molecule has 1 aromatic rings. The Balaban J connectivity index is 1.91. The van der Waals surface area contributed by atoms with E-state index in [0.717, 1.165) is 19.6 Å². The number of benzene rings is 1. The molecule has 1 aliphatic heterocycles. The van der Waals surface area contributed by atoms with Gasteiger partial charge in [-0.15, -0.1) is 0 Å². The van der Waals surface area contributed by atoms with Crippen LogP contribution in [0.25, 0.3) is 0 Å². The van der Waals surface area contributed by atoms with Gasteiger partial charge in [0.25, 0.3) is 0 Å². The molecule has 0 spiro atoms. The van der Waals surface area contributed by atoms with Crippen molar-refractivity contribution in [1.82, 2.24) is 4.90 Å². The van der Waals surface area contributed by atoms with Crippen LogP contribution in [0.1, 0.15) is 50.3 Å². The van der Waals surface area contributed by atoms with Gasteiger partial charge in [0.1, 0.15) is 0 Å². The monoisotopic (exact) mass is 290 g/mol. The molecule has 0 bridgehead atoms. The molecule has 0 aliphatic carbocycles. The summed E-state index contributed by atoms with van der Waals surface area (Å²) in [5.74, 6) is 0. The molecule has 0 radical (unpaired) electrons. The lowest BCUT2D eigenvalue weighted by molar-refractivity contribution is -0.00867. The number of hydrogen-bond acceptors (Lipinski definition) is 3. The molecular weight excluding hydrogens is 260 g/mol. The van der Waals surface area contributed by atoms with E-state index >= 15 is 0 Å². The zero-order chi connectivity index (χ0) is 15.2. The lowest BCUT2D eigenvalue weighted by Crippen LogP contribution is -2.43. The molecule has 1 saturated heterocycles. The van der Waals surface area contributed by atoms with Crippen LogP contribution >= 0.6 is 0 Å².